The third kappa shape index (κ3) is 2.75. The van der Waals surface area contributed by atoms with E-state index in [1.54, 1.807) is 45.5 Å². The summed E-state index contributed by atoms with van der Waals surface area (Å²) in [6.45, 7) is 5.27. The first-order valence-electron chi connectivity index (χ1n) is 6.77. The van der Waals surface area contributed by atoms with Crippen molar-refractivity contribution >= 4 is 28.5 Å². The third-order valence-corrected chi connectivity index (χ3v) is 3.73. The van der Waals surface area contributed by atoms with Crippen molar-refractivity contribution in [2.75, 3.05) is 14.1 Å². The zero-order valence-electron chi connectivity index (χ0n) is 12.8. The molecule has 2 rings (SSSR count). The lowest BCUT2D eigenvalue weighted by molar-refractivity contribution is -0.131. The molecule has 2 aromatic rings. The summed E-state index contributed by atoms with van der Waals surface area (Å²) in [5.41, 5.74) is 1.75. The second-order valence-electron chi connectivity index (χ2n) is 5.45. The number of rotatable bonds is 3. The number of likely N-dealkylation sites (N-methyl/N-ethyl adjacent to an activating group) is 1. The molecule has 4 nitrogen and oxygen atoms in total. The summed E-state index contributed by atoms with van der Waals surface area (Å²) < 4.78 is 15.5. The van der Waals surface area contributed by atoms with Gasteiger partial charge in [0.1, 0.15) is 17.7 Å². The van der Waals surface area contributed by atoms with Crippen molar-refractivity contribution in [2.45, 2.75) is 32.2 Å². The van der Waals surface area contributed by atoms with E-state index in [9.17, 15) is 9.18 Å². The Balaban J connectivity index is 2.72. The van der Waals surface area contributed by atoms with Gasteiger partial charge in [-0.3, -0.25) is 4.79 Å². The standard InChI is InChI=1S/C15H19ClFN3O/c1-8-6-13-12(7-11(8)17)18-14(9(2)16)20(13)10(3)15(21)19(4)5/h6-7,9-10H,1-5H3. The molecule has 0 fully saturated rings. The molecule has 1 aromatic heterocycles. The van der Waals surface area contributed by atoms with Crippen LogP contribution in [0.25, 0.3) is 11.0 Å². The molecule has 0 aliphatic carbocycles. The molecule has 1 heterocycles. The number of carbonyl (C=O) groups is 1. The fourth-order valence-corrected chi connectivity index (χ4v) is 2.56. The molecule has 0 spiro atoms. The predicted octanol–water partition coefficient (Wildman–Crippen LogP) is 3.43. The van der Waals surface area contributed by atoms with Gasteiger partial charge in [-0.05, 0) is 32.4 Å². The van der Waals surface area contributed by atoms with E-state index in [4.69, 9.17) is 11.6 Å². The van der Waals surface area contributed by atoms with Crippen LogP contribution in [0.2, 0.25) is 0 Å². The lowest BCUT2D eigenvalue weighted by Gasteiger charge is -2.21. The molecule has 6 heteroatoms. The van der Waals surface area contributed by atoms with Crippen molar-refractivity contribution in [2.24, 2.45) is 0 Å². The van der Waals surface area contributed by atoms with E-state index < -0.39 is 6.04 Å². The molecule has 1 amide bonds. The van der Waals surface area contributed by atoms with Crippen molar-refractivity contribution in [1.82, 2.24) is 14.5 Å². The highest BCUT2D eigenvalue weighted by Gasteiger charge is 2.25. The smallest absolute Gasteiger partial charge is 0.244 e. The first kappa shape index (κ1) is 15.8. The minimum Gasteiger partial charge on any atom is -0.347 e. The number of imidazole rings is 1. The van der Waals surface area contributed by atoms with Gasteiger partial charge in [-0.1, -0.05) is 0 Å². The zero-order chi connectivity index (χ0) is 15.9. The summed E-state index contributed by atoms with van der Waals surface area (Å²) in [4.78, 5) is 18.2. The molecule has 1 aromatic carbocycles. The van der Waals surface area contributed by atoms with Crippen LogP contribution >= 0.6 is 11.6 Å². The molecule has 0 bridgehead atoms. The Morgan fingerprint density at radius 2 is 2.00 bits per heavy atom. The lowest BCUT2D eigenvalue weighted by atomic mass is 10.2. The fourth-order valence-electron chi connectivity index (χ4n) is 2.41. The van der Waals surface area contributed by atoms with Gasteiger partial charge in [0.05, 0.1) is 16.4 Å². The Morgan fingerprint density at radius 3 is 2.52 bits per heavy atom. The van der Waals surface area contributed by atoms with Crippen molar-refractivity contribution in [3.8, 4) is 0 Å². The summed E-state index contributed by atoms with van der Waals surface area (Å²) >= 11 is 6.19. The van der Waals surface area contributed by atoms with Gasteiger partial charge in [0.2, 0.25) is 5.91 Å². The predicted molar refractivity (Wildman–Crippen MR) is 82.1 cm³/mol. The van der Waals surface area contributed by atoms with Gasteiger partial charge in [0.25, 0.3) is 0 Å². The summed E-state index contributed by atoms with van der Waals surface area (Å²) in [7, 11) is 3.40. The van der Waals surface area contributed by atoms with E-state index in [0.717, 1.165) is 5.52 Å². The second-order valence-corrected chi connectivity index (χ2v) is 6.11. The van der Waals surface area contributed by atoms with Crippen molar-refractivity contribution in [3.63, 3.8) is 0 Å². The zero-order valence-corrected chi connectivity index (χ0v) is 13.6. The first-order chi connectivity index (χ1) is 9.73. The average Bonchev–Trinajstić information content (AvgIpc) is 2.76. The summed E-state index contributed by atoms with van der Waals surface area (Å²) in [6, 6.07) is 2.64. The van der Waals surface area contributed by atoms with Crippen LogP contribution in [0.5, 0.6) is 0 Å². The fraction of sp³-hybridized carbons (Fsp3) is 0.467. The number of hydrogen-bond donors (Lipinski definition) is 0. The molecule has 0 saturated carbocycles. The maximum absolute atomic E-state index is 13.7. The lowest BCUT2D eigenvalue weighted by Crippen LogP contribution is -2.30. The largest absolute Gasteiger partial charge is 0.347 e. The van der Waals surface area contributed by atoms with Gasteiger partial charge in [-0.15, -0.1) is 11.6 Å². The number of halogens is 2. The number of fused-ring (bicyclic) bond motifs is 1. The van der Waals surface area contributed by atoms with E-state index in [-0.39, 0.29) is 17.1 Å². The van der Waals surface area contributed by atoms with E-state index in [1.165, 1.54) is 11.0 Å². The van der Waals surface area contributed by atoms with Crippen LogP contribution in [0.1, 0.15) is 36.7 Å². The first-order valence-corrected chi connectivity index (χ1v) is 7.21. The van der Waals surface area contributed by atoms with Crippen LogP contribution in [0.4, 0.5) is 4.39 Å². The molecule has 0 radical (unpaired) electrons. The molecule has 21 heavy (non-hydrogen) atoms. The number of aryl methyl sites for hydroxylation is 1. The van der Waals surface area contributed by atoms with E-state index in [0.29, 0.717) is 16.9 Å². The van der Waals surface area contributed by atoms with Crippen molar-refractivity contribution < 1.29 is 9.18 Å². The molecule has 2 unspecified atom stereocenters. The van der Waals surface area contributed by atoms with Crippen LogP contribution in [0, 0.1) is 12.7 Å². The molecule has 114 valence electrons. The quantitative estimate of drug-likeness (QED) is 0.814. The maximum Gasteiger partial charge on any atom is 0.244 e. The van der Waals surface area contributed by atoms with Gasteiger partial charge in [0.15, 0.2) is 0 Å². The van der Waals surface area contributed by atoms with Gasteiger partial charge < -0.3 is 9.47 Å². The van der Waals surface area contributed by atoms with Crippen molar-refractivity contribution in [1.29, 1.82) is 0 Å². The van der Waals surface area contributed by atoms with E-state index in [2.05, 4.69) is 4.98 Å². The number of hydrogen-bond acceptors (Lipinski definition) is 2. The van der Waals surface area contributed by atoms with Crippen LogP contribution in [0.15, 0.2) is 12.1 Å². The summed E-state index contributed by atoms with van der Waals surface area (Å²) in [5.74, 6) is 0.196. The molecule has 0 saturated heterocycles. The van der Waals surface area contributed by atoms with E-state index in [1.807, 2.05) is 0 Å². The number of benzene rings is 1. The van der Waals surface area contributed by atoms with Crippen LogP contribution in [-0.2, 0) is 4.79 Å². The molecule has 0 aliphatic heterocycles. The maximum atomic E-state index is 13.7. The number of alkyl halides is 1. The van der Waals surface area contributed by atoms with Gasteiger partial charge in [-0.2, -0.15) is 0 Å². The Morgan fingerprint density at radius 1 is 1.38 bits per heavy atom. The minimum atomic E-state index is -0.453. The SMILES string of the molecule is Cc1cc2c(cc1F)nc(C(C)Cl)n2C(C)C(=O)N(C)C. The summed E-state index contributed by atoms with van der Waals surface area (Å²) in [6.07, 6.45) is 0. The Kier molecular flexibility index (Phi) is 4.23. The van der Waals surface area contributed by atoms with Gasteiger partial charge >= 0.3 is 0 Å². The van der Waals surface area contributed by atoms with E-state index >= 15 is 0 Å². The monoisotopic (exact) mass is 311 g/mol. The van der Waals surface area contributed by atoms with Gasteiger partial charge in [0, 0.05) is 20.2 Å². The van der Waals surface area contributed by atoms with Crippen LogP contribution < -0.4 is 0 Å². The highest BCUT2D eigenvalue weighted by molar-refractivity contribution is 6.20. The number of nitrogens with zero attached hydrogens (tertiary/aromatic N) is 3. The molecule has 0 N–H and O–H groups in total. The Hall–Kier alpha value is -1.62. The molecular weight excluding hydrogens is 293 g/mol. The number of carbonyl (C=O) groups excluding carboxylic acids is 1. The summed E-state index contributed by atoms with van der Waals surface area (Å²) in [5, 5.41) is -0.377. The van der Waals surface area contributed by atoms with Crippen LogP contribution in [-0.4, -0.2) is 34.5 Å². The molecule has 2 atom stereocenters. The number of aromatic nitrogens is 2. The Labute approximate surface area is 128 Å². The normalized spacial score (nSPS) is 14.2. The third-order valence-electron chi connectivity index (χ3n) is 3.54. The highest BCUT2D eigenvalue weighted by Crippen LogP contribution is 2.30. The molecule has 0 aliphatic rings. The minimum absolute atomic E-state index is 0.0603. The molecular formula is C15H19ClFN3O. The second kappa shape index (κ2) is 5.64. The average molecular weight is 312 g/mol. The van der Waals surface area contributed by atoms with Crippen molar-refractivity contribution in [3.05, 3.63) is 29.3 Å². The van der Waals surface area contributed by atoms with Gasteiger partial charge in [-0.25, -0.2) is 9.37 Å². The highest BCUT2D eigenvalue weighted by atomic mass is 35.5. The van der Waals surface area contributed by atoms with Crippen LogP contribution in [0.3, 0.4) is 0 Å². The topological polar surface area (TPSA) is 38.1 Å². The Bertz CT molecular complexity index is 694. The number of amides is 1.